The highest BCUT2D eigenvalue weighted by atomic mass is 14.9. The summed E-state index contributed by atoms with van der Waals surface area (Å²) in [5.74, 6) is 0. The zero-order chi connectivity index (χ0) is 13.0. The summed E-state index contributed by atoms with van der Waals surface area (Å²) < 4.78 is 0. The molecule has 0 radical (unpaired) electrons. The van der Waals surface area contributed by atoms with Crippen LogP contribution >= 0.6 is 0 Å². The highest BCUT2D eigenvalue weighted by Gasteiger charge is 2.09. The second-order valence-electron chi connectivity index (χ2n) is 4.66. The topological polar surface area (TPSA) is 38.0 Å². The van der Waals surface area contributed by atoms with Crippen LogP contribution in [0.4, 0.5) is 5.69 Å². The van der Waals surface area contributed by atoms with Gasteiger partial charge in [-0.3, -0.25) is 0 Å². The van der Waals surface area contributed by atoms with Crippen molar-refractivity contribution < 1.29 is 0 Å². The molecule has 18 heavy (non-hydrogen) atoms. The zero-order valence-corrected chi connectivity index (χ0v) is 11.0. The minimum Gasteiger partial charge on any atom is -0.377 e. The molecule has 0 aromatic heterocycles. The van der Waals surface area contributed by atoms with E-state index >= 15 is 0 Å². The van der Waals surface area contributed by atoms with Crippen molar-refractivity contribution in [1.82, 2.24) is 0 Å². The molecule has 0 fully saturated rings. The van der Waals surface area contributed by atoms with Crippen molar-refractivity contribution in [3.05, 3.63) is 65.2 Å². The molecule has 1 atom stereocenters. The summed E-state index contributed by atoms with van der Waals surface area (Å²) in [4.78, 5) is 0. The maximum atomic E-state index is 5.88. The SMILES string of the molecule is Cc1ccc(C(CN)Nc2ccccc2C)cc1. The number of anilines is 1. The van der Waals surface area contributed by atoms with Crippen LogP contribution in [0.25, 0.3) is 0 Å². The summed E-state index contributed by atoms with van der Waals surface area (Å²) in [5.41, 5.74) is 10.8. The first-order valence-corrected chi connectivity index (χ1v) is 6.29. The van der Waals surface area contributed by atoms with Gasteiger partial charge in [0.25, 0.3) is 0 Å². The Bertz CT molecular complexity index is 503. The molecule has 0 aliphatic carbocycles. The predicted molar refractivity (Wildman–Crippen MR) is 77.8 cm³/mol. The van der Waals surface area contributed by atoms with Crippen molar-refractivity contribution in [1.29, 1.82) is 0 Å². The summed E-state index contributed by atoms with van der Waals surface area (Å²) in [6, 6.07) is 17.0. The van der Waals surface area contributed by atoms with Crippen LogP contribution < -0.4 is 11.1 Å². The number of hydrogen-bond donors (Lipinski definition) is 2. The Morgan fingerprint density at radius 2 is 1.67 bits per heavy atom. The van der Waals surface area contributed by atoms with E-state index in [1.165, 1.54) is 16.7 Å². The first-order valence-electron chi connectivity index (χ1n) is 6.29. The smallest absolute Gasteiger partial charge is 0.0636 e. The van der Waals surface area contributed by atoms with E-state index in [4.69, 9.17) is 5.73 Å². The average Bonchev–Trinajstić information content (AvgIpc) is 2.39. The molecule has 2 nitrogen and oxygen atoms in total. The fourth-order valence-corrected chi connectivity index (χ4v) is 2.00. The lowest BCUT2D eigenvalue weighted by Crippen LogP contribution is -2.20. The lowest BCUT2D eigenvalue weighted by molar-refractivity contribution is 0.788. The van der Waals surface area contributed by atoms with E-state index in [1.54, 1.807) is 0 Å². The van der Waals surface area contributed by atoms with Gasteiger partial charge in [0.1, 0.15) is 0 Å². The van der Waals surface area contributed by atoms with E-state index in [0.29, 0.717) is 6.54 Å². The Balaban J connectivity index is 2.20. The van der Waals surface area contributed by atoms with Gasteiger partial charge >= 0.3 is 0 Å². The molecule has 0 saturated heterocycles. The lowest BCUT2D eigenvalue weighted by Gasteiger charge is -2.20. The van der Waals surface area contributed by atoms with E-state index in [-0.39, 0.29) is 6.04 Å². The molecule has 1 unspecified atom stereocenters. The van der Waals surface area contributed by atoms with E-state index in [1.807, 2.05) is 12.1 Å². The predicted octanol–water partition coefficient (Wildman–Crippen LogP) is 3.42. The van der Waals surface area contributed by atoms with Gasteiger partial charge in [0.15, 0.2) is 0 Å². The Kier molecular flexibility index (Phi) is 4.00. The third kappa shape index (κ3) is 2.90. The van der Waals surface area contributed by atoms with Crippen LogP contribution in [0.1, 0.15) is 22.7 Å². The molecule has 2 aromatic carbocycles. The molecule has 0 amide bonds. The maximum Gasteiger partial charge on any atom is 0.0636 e. The Hall–Kier alpha value is -1.80. The Morgan fingerprint density at radius 1 is 1.00 bits per heavy atom. The second-order valence-corrected chi connectivity index (χ2v) is 4.66. The van der Waals surface area contributed by atoms with Gasteiger partial charge in [0, 0.05) is 12.2 Å². The number of para-hydroxylation sites is 1. The largest absolute Gasteiger partial charge is 0.377 e. The van der Waals surface area contributed by atoms with Gasteiger partial charge in [-0.25, -0.2) is 0 Å². The molecular weight excluding hydrogens is 220 g/mol. The molecule has 0 spiro atoms. The van der Waals surface area contributed by atoms with Gasteiger partial charge in [-0.05, 0) is 31.0 Å². The van der Waals surface area contributed by atoms with E-state index in [2.05, 4.69) is 55.6 Å². The van der Waals surface area contributed by atoms with Gasteiger partial charge in [-0.15, -0.1) is 0 Å². The summed E-state index contributed by atoms with van der Waals surface area (Å²) in [6.07, 6.45) is 0. The summed E-state index contributed by atoms with van der Waals surface area (Å²) >= 11 is 0. The van der Waals surface area contributed by atoms with Crippen LogP contribution in [0, 0.1) is 13.8 Å². The van der Waals surface area contributed by atoms with Crippen LogP contribution in [0.15, 0.2) is 48.5 Å². The summed E-state index contributed by atoms with van der Waals surface area (Å²) in [7, 11) is 0. The molecule has 2 rings (SSSR count). The number of aryl methyl sites for hydroxylation is 2. The Labute approximate surface area is 109 Å². The molecule has 0 saturated carbocycles. The van der Waals surface area contributed by atoms with Gasteiger partial charge in [0.2, 0.25) is 0 Å². The minimum atomic E-state index is 0.159. The van der Waals surface area contributed by atoms with Crippen molar-refractivity contribution in [2.75, 3.05) is 11.9 Å². The molecule has 0 heterocycles. The fourth-order valence-electron chi connectivity index (χ4n) is 2.00. The van der Waals surface area contributed by atoms with Crippen LogP contribution in [-0.2, 0) is 0 Å². The van der Waals surface area contributed by atoms with Crippen molar-refractivity contribution in [3.63, 3.8) is 0 Å². The third-order valence-electron chi connectivity index (χ3n) is 3.19. The normalized spacial score (nSPS) is 12.2. The quantitative estimate of drug-likeness (QED) is 0.859. The van der Waals surface area contributed by atoms with Gasteiger partial charge in [-0.2, -0.15) is 0 Å². The third-order valence-corrected chi connectivity index (χ3v) is 3.19. The molecule has 0 aliphatic heterocycles. The van der Waals surface area contributed by atoms with Crippen LogP contribution in [-0.4, -0.2) is 6.54 Å². The van der Waals surface area contributed by atoms with Crippen LogP contribution in [0.2, 0.25) is 0 Å². The van der Waals surface area contributed by atoms with Crippen molar-refractivity contribution in [3.8, 4) is 0 Å². The highest BCUT2D eigenvalue weighted by molar-refractivity contribution is 5.52. The zero-order valence-electron chi connectivity index (χ0n) is 11.0. The van der Waals surface area contributed by atoms with Crippen LogP contribution in [0.3, 0.4) is 0 Å². The number of hydrogen-bond acceptors (Lipinski definition) is 2. The van der Waals surface area contributed by atoms with Gasteiger partial charge < -0.3 is 11.1 Å². The van der Waals surface area contributed by atoms with Crippen molar-refractivity contribution >= 4 is 5.69 Å². The molecule has 2 heteroatoms. The number of rotatable bonds is 4. The molecular formula is C16H20N2. The highest BCUT2D eigenvalue weighted by Crippen LogP contribution is 2.21. The minimum absolute atomic E-state index is 0.159. The maximum absolute atomic E-state index is 5.88. The van der Waals surface area contributed by atoms with E-state index in [0.717, 1.165) is 5.69 Å². The van der Waals surface area contributed by atoms with Gasteiger partial charge in [-0.1, -0.05) is 48.0 Å². The summed E-state index contributed by atoms with van der Waals surface area (Å²) in [6.45, 7) is 4.78. The van der Waals surface area contributed by atoms with E-state index in [9.17, 15) is 0 Å². The monoisotopic (exact) mass is 240 g/mol. The first kappa shape index (κ1) is 12.7. The van der Waals surface area contributed by atoms with Crippen LogP contribution in [0.5, 0.6) is 0 Å². The molecule has 94 valence electrons. The molecule has 0 aliphatic rings. The molecule has 2 aromatic rings. The standard InChI is InChI=1S/C16H20N2/c1-12-7-9-14(10-8-12)16(11-17)18-15-6-4-3-5-13(15)2/h3-10,16,18H,11,17H2,1-2H3. The fraction of sp³-hybridized carbons (Fsp3) is 0.250. The Morgan fingerprint density at radius 3 is 2.28 bits per heavy atom. The van der Waals surface area contributed by atoms with Crippen molar-refractivity contribution in [2.45, 2.75) is 19.9 Å². The number of benzene rings is 2. The number of nitrogens with one attached hydrogen (secondary N) is 1. The second kappa shape index (κ2) is 5.69. The number of nitrogens with two attached hydrogens (primary N) is 1. The van der Waals surface area contributed by atoms with E-state index < -0.39 is 0 Å². The lowest BCUT2D eigenvalue weighted by atomic mass is 10.0. The van der Waals surface area contributed by atoms with Crippen molar-refractivity contribution in [2.24, 2.45) is 5.73 Å². The summed E-state index contributed by atoms with van der Waals surface area (Å²) in [5, 5.41) is 3.51. The first-order chi connectivity index (χ1) is 8.70. The molecule has 0 bridgehead atoms. The average molecular weight is 240 g/mol. The van der Waals surface area contributed by atoms with Gasteiger partial charge in [0.05, 0.1) is 6.04 Å². The molecule has 3 N–H and O–H groups in total.